The molecule has 0 aromatic heterocycles. The molecule has 2 aromatic carbocycles. The normalized spacial score (nSPS) is 26.6. The van der Waals surface area contributed by atoms with Crippen LogP contribution in [0.3, 0.4) is 0 Å². The van der Waals surface area contributed by atoms with Crippen molar-refractivity contribution in [2.24, 2.45) is 11.8 Å². The molecule has 0 bridgehead atoms. The minimum absolute atomic E-state index is 0.142. The number of aliphatic hydroxyl groups is 1. The minimum atomic E-state index is -0.812. The molecule has 2 heterocycles. The number of fused-ring (bicyclic) bond motifs is 3. The number of methoxy groups -OCH3 is 2. The lowest BCUT2D eigenvalue weighted by molar-refractivity contribution is -0.141. The molecule has 152 valence electrons. The third-order valence-corrected chi connectivity index (χ3v) is 6.19. The molecule has 7 nitrogen and oxygen atoms in total. The fourth-order valence-electron chi connectivity index (χ4n) is 4.89. The molecule has 1 N–H and O–H groups in total. The van der Waals surface area contributed by atoms with E-state index >= 15 is 0 Å². The van der Waals surface area contributed by atoms with Crippen molar-refractivity contribution in [3.8, 4) is 23.0 Å². The van der Waals surface area contributed by atoms with Crippen molar-refractivity contribution >= 4 is 5.97 Å². The fraction of sp³-hybridized carbons (Fsp3) is 0.409. The Labute approximate surface area is 168 Å². The van der Waals surface area contributed by atoms with Crippen LogP contribution >= 0.6 is 0 Å². The predicted molar refractivity (Wildman–Crippen MR) is 102 cm³/mol. The van der Waals surface area contributed by atoms with Gasteiger partial charge in [-0.3, -0.25) is 4.79 Å². The molecule has 1 aliphatic carbocycles. The summed E-state index contributed by atoms with van der Waals surface area (Å²) < 4.78 is 27.4. The van der Waals surface area contributed by atoms with Crippen LogP contribution in [0.4, 0.5) is 0 Å². The van der Waals surface area contributed by atoms with Crippen LogP contribution in [-0.4, -0.2) is 38.7 Å². The summed E-state index contributed by atoms with van der Waals surface area (Å²) in [5.41, 5.74) is 3.39. The highest BCUT2D eigenvalue weighted by atomic mass is 16.7. The Morgan fingerprint density at radius 2 is 1.72 bits per heavy atom. The molecule has 2 aromatic rings. The van der Waals surface area contributed by atoms with Gasteiger partial charge in [-0.05, 0) is 47.4 Å². The number of ether oxygens (including phenoxy) is 5. The van der Waals surface area contributed by atoms with Crippen LogP contribution in [0.1, 0.15) is 34.3 Å². The summed E-state index contributed by atoms with van der Waals surface area (Å²) >= 11 is 0. The van der Waals surface area contributed by atoms with E-state index in [1.807, 2.05) is 31.2 Å². The molecule has 0 spiro atoms. The Hall–Kier alpha value is -2.93. The third kappa shape index (κ3) is 2.57. The molecule has 1 unspecified atom stereocenters. The van der Waals surface area contributed by atoms with Gasteiger partial charge < -0.3 is 28.8 Å². The first-order chi connectivity index (χ1) is 14.0. The standard InChI is InChI=1S/C22H22O7/c1-10-4-11(5-17(25-2)21(10)26-3)18-12-6-15-16(29-9-28-15)7-13(12)20(23)14-8-27-22(24)19(14)18/h4-7,14,18-20,23H,8-9H2,1-3H3/t14?,18-,19-,20+/m1/s1. The van der Waals surface area contributed by atoms with Crippen molar-refractivity contribution in [2.75, 3.05) is 27.6 Å². The maximum absolute atomic E-state index is 12.7. The van der Waals surface area contributed by atoms with Crippen molar-refractivity contribution < 1.29 is 33.6 Å². The van der Waals surface area contributed by atoms with Crippen LogP contribution in [-0.2, 0) is 9.53 Å². The zero-order chi connectivity index (χ0) is 20.3. The second-order valence-electron chi connectivity index (χ2n) is 7.65. The minimum Gasteiger partial charge on any atom is -0.493 e. The largest absolute Gasteiger partial charge is 0.493 e. The molecule has 7 heteroatoms. The zero-order valence-corrected chi connectivity index (χ0v) is 16.4. The van der Waals surface area contributed by atoms with Crippen LogP contribution in [0.15, 0.2) is 24.3 Å². The van der Waals surface area contributed by atoms with Crippen molar-refractivity contribution in [3.05, 3.63) is 46.5 Å². The van der Waals surface area contributed by atoms with E-state index in [1.165, 1.54) is 0 Å². The quantitative estimate of drug-likeness (QED) is 0.796. The summed E-state index contributed by atoms with van der Waals surface area (Å²) in [5.74, 6) is 1.06. The number of hydrogen-bond donors (Lipinski definition) is 1. The number of cyclic esters (lactones) is 1. The zero-order valence-electron chi connectivity index (χ0n) is 16.4. The van der Waals surface area contributed by atoms with Crippen LogP contribution in [0.2, 0.25) is 0 Å². The highest BCUT2D eigenvalue weighted by molar-refractivity contribution is 5.78. The van der Waals surface area contributed by atoms with Gasteiger partial charge in [-0.2, -0.15) is 0 Å². The number of rotatable bonds is 3. The maximum Gasteiger partial charge on any atom is 0.310 e. The van der Waals surface area contributed by atoms with Gasteiger partial charge in [0.05, 0.1) is 32.8 Å². The number of carbonyl (C=O) groups is 1. The first-order valence-corrected chi connectivity index (χ1v) is 9.54. The summed E-state index contributed by atoms with van der Waals surface area (Å²) in [7, 11) is 3.19. The van der Waals surface area contributed by atoms with E-state index in [-0.39, 0.29) is 31.2 Å². The highest BCUT2D eigenvalue weighted by Crippen LogP contribution is 2.54. The van der Waals surface area contributed by atoms with Gasteiger partial charge in [-0.1, -0.05) is 6.07 Å². The lowest BCUT2D eigenvalue weighted by Crippen LogP contribution is -2.34. The van der Waals surface area contributed by atoms with Crippen LogP contribution < -0.4 is 18.9 Å². The molecule has 0 radical (unpaired) electrons. The summed E-state index contributed by atoms with van der Waals surface area (Å²) in [5, 5.41) is 11.0. The monoisotopic (exact) mass is 398 g/mol. The van der Waals surface area contributed by atoms with Crippen LogP contribution in [0, 0.1) is 18.8 Å². The molecule has 3 aliphatic rings. The molecule has 2 aliphatic heterocycles. The van der Waals surface area contributed by atoms with Crippen molar-refractivity contribution in [3.63, 3.8) is 0 Å². The Morgan fingerprint density at radius 3 is 2.41 bits per heavy atom. The molecule has 29 heavy (non-hydrogen) atoms. The first-order valence-electron chi connectivity index (χ1n) is 9.54. The SMILES string of the molecule is COc1cc([C@@H]2c3cc4c(cc3[C@H](O)C3COC(=O)[C@H]32)OCO4)cc(C)c1OC. The van der Waals surface area contributed by atoms with E-state index in [4.69, 9.17) is 23.7 Å². The Bertz CT molecular complexity index is 999. The molecule has 0 amide bonds. The second-order valence-corrected chi connectivity index (χ2v) is 7.65. The average Bonchev–Trinajstić information content (AvgIpc) is 3.33. The van der Waals surface area contributed by atoms with Gasteiger partial charge >= 0.3 is 5.97 Å². The lowest BCUT2D eigenvalue weighted by Gasteiger charge is -2.37. The maximum atomic E-state index is 12.7. The van der Waals surface area contributed by atoms with Crippen molar-refractivity contribution in [1.82, 2.24) is 0 Å². The van der Waals surface area contributed by atoms with Gasteiger partial charge in [0.15, 0.2) is 23.0 Å². The van der Waals surface area contributed by atoms with E-state index in [2.05, 4.69) is 0 Å². The number of esters is 1. The fourth-order valence-corrected chi connectivity index (χ4v) is 4.89. The van der Waals surface area contributed by atoms with Gasteiger partial charge in [0.2, 0.25) is 6.79 Å². The first kappa shape index (κ1) is 18.1. The van der Waals surface area contributed by atoms with E-state index < -0.39 is 12.0 Å². The predicted octanol–water partition coefficient (Wildman–Crippen LogP) is 2.71. The van der Waals surface area contributed by atoms with Gasteiger partial charge in [0.25, 0.3) is 0 Å². The Morgan fingerprint density at radius 1 is 1.00 bits per heavy atom. The summed E-state index contributed by atoms with van der Waals surface area (Å²) in [4.78, 5) is 12.7. The van der Waals surface area contributed by atoms with Crippen molar-refractivity contribution in [1.29, 1.82) is 0 Å². The molecule has 0 saturated carbocycles. The molecular weight excluding hydrogens is 376 g/mol. The molecule has 4 atom stereocenters. The van der Waals surface area contributed by atoms with Gasteiger partial charge in [0.1, 0.15) is 0 Å². The Kier molecular flexibility index (Phi) is 4.10. The number of benzene rings is 2. The third-order valence-electron chi connectivity index (χ3n) is 6.19. The van der Waals surface area contributed by atoms with Crippen molar-refractivity contribution in [2.45, 2.75) is 18.9 Å². The Balaban J connectivity index is 1.74. The number of aliphatic hydroxyl groups excluding tert-OH is 1. The van der Waals surface area contributed by atoms with E-state index in [1.54, 1.807) is 14.2 Å². The number of carbonyl (C=O) groups excluding carboxylic acids is 1. The van der Waals surface area contributed by atoms with E-state index in [0.717, 1.165) is 22.3 Å². The summed E-state index contributed by atoms with van der Waals surface area (Å²) in [6.45, 7) is 2.28. The van der Waals surface area contributed by atoms with Crippen LogP contribution in [0.5, 0.6) is 23.0 Å². The van der Waals surface area contributed by atoms with Gasteiger partial charge in [-0.25, -0.2) is 0 Å². The average molecular weight is 398 g/mol. The number of hydrogen-bond acceptors (Lipinski definition) is 7. The summed E-state index contributed by atoms with van der Waals surface area (Å²) in [6.07, 6.45) is -0.812. The lowest BCUT2D eigenvalue weighted by atomic mass is 9.66. The number of aryl methyl sites for hydroxylation is 1. The smallest absolute Gasteiger partial charge is 0.310 e. The molecular formula is C22H22O7. The molecule has 5 rings (SSSR count). The van der Waals surface area contributed by atoms with E-state index in [9.17, 15) is 9.90 Å². The molecule has 1 fully saturated rings. The topological polar surface area (TPSA) is 83.5 Å². The van der Waals surface area contributed by atoms with E-state index in [0.29, 0.717) is 23.0 Å². The van der Waals surface area contributed by atoms with Gasteiger partial charge in [0, 0.05) is 11.8 Å². The van der Waals surface area contributed by atoms with Gasteiger partial charge in [-0.15, -0.1) is 0 Å². The highest BCUT2D eigenvalue weighted by Gasteiger charge is 2.52. The van der Waals surface area contributed by atoms with Crippen LogP contribution in [0.25, 0.3) is 0 Å². The summed E-state index contributed by atoms with van der Waals surface area (Å²) in [6, 6.07) is 7.59. The second kappa shape index (κ2) is 6.56. The molecule has 1 saturated heterocycles.